The number of carbonyl (C=O) groups is 1. The number of sulfonamides is 1. The van der Waals surface area contributed by atoms with E-state index in [1.807, 2.05) is 13.8 Å². The molecule has 0 atom stereocenters. The van der Waals surface area contributed by atoms with Crippen molar-refractivity contribution >= 4 is 27.3 Å². The summed E-state index contributed by atoms with van der Waals surface area (Å²) in [5.74, 6) is -1.12. The first-order valence-corrected chi connectivity index (χ1v) is 9.85. The van der Waals surface area contributed by atoms with E-state index in [1.54, 1.807) is 31.2 Å². The quantitative estimate of drug-likeness (QED) is 0.581. The average Bonchev–Trinajstić information content (AvgIpc) is 2.65. The lowest BCUT2D eigenvalue weighted by Crippen LogP contribution is -2.39. The number of hydrogen-bond acceptors (Lipinski definition) is 4. The van der Waals surface area contributed by atoms with Crippen LogP contribution in [0, 0.1) is 12.7 Å². The molecular weight excluding hydrogens is 369 g/mol. The zero-order valence-corrected chi connectivity index (χ0v) is 16.3. The molecule has 0 bridgehead atoms. The molecular formula is C19H22FN3O3S. The van der Waals surface area contributed by atoms with Gasteiger partial charge in [0.15, 0.2) is 0 Å². The third-order valence-corrected chi connectivity index (χ3v) is 5.68. The number of aryl methyl sites for hydroxylation is 1. The molecule has 1 amide bonds. The Morgan fingerprint density at radius 1 is 1.11 bits per heavy atom. The van der Waals surface area contributed by atoms with Crippen LogP contribution in [-0.2, 0) is 14.8 Å². The second-order valence-electron chi connectivity index (χ2n) is 6.04. The van der Waals surface area contributed by atoms with Gasteiger partial charge in [-0.05, 0) is 56.7 Å². The second kappa shape index (κ2) is 8.77. The van der Waals surface area contributed by atoms with E-state index in [2.05, 4.69) is 10.5 Å². The van der Waals surface area contributed by atoms with Gasteiger partial charge in [0.1, 0.15) is 12.4 Å². The van der Waals surface area contributed by atoms with E-state index in [4.69, 9.17) is 0 Å². The maximum Gasteiger partial charge on any atom is 0.264 e. The standard InChI is InChI=1S/C19H22FN3O3S/c1-4-15(3)21-22-19(24)13-23(17-9-5-14(2)6-10-17)27(25,26)18-11-7-16(20)8-12-18/h5-12H,4,13H2,1-3H3,(H,22,24)/b21-15-. The Morgan fingerprint density at radius 3 is 2.26 bits per heavy atom. The molecule has 27 heavy (non-hydrogen) atoms. The number of carbonyl (C=O) groups excluding carboxylic acids is 1. The molecule has 6 nitrogen and oxygen atoms in total. The summed E-state index contributed by atoms with van der Waals surface area (Å²) < 4.78 is 40.2. The summed E-state index contributed by atoms with van der Waals surface area (Å²) in [6.07, 6.45) is 0.663. The first kappa shape index (κ1) is 20.6. The summed E-state index contributed by atoms with van der Waals surface area (Å²) in [6.45, 7) is 5.07. The third kappa shape index (κ3) is 5.37. The van der Waals surface area contributed by atoms with E-state index < -0.39 is 28.3 Å². The molecule has 2 aromatic carbocycles. The summed E-state index contributed by atoms with van der Waals surface area (Å²) >= 11 is 0. The molecule has 0 saturated heterocycles. The van der Waals surface area contributed by atoms with Crippen LogP contribution in [0.25, 0.3) is 0 Å². The van der Waals surface area contributed by atoms with Crippen LogP contribution >= 0.6 is 0 Å². The van der Waals surface area contributed by atoms with Gasteiger partial charge in [-0.3, -0.25) is 9.10 Å². The van der Waals surface area contributed by atoms with Gasteiger partial charge in [-0.25, -0.2) is 18.2 Å². The van der Waals surface area contributed by atoms with E-state index in [9.17, 15) is 17.6 Å². The molecule has 0 aliphatic rings. The molecule has 0 aliphatic carbocycles. The number of benzene rings is 2. The molecule has 1 N–H and O–H groups in total. The Labute approximate surface area is 158 Å². The summed E-state index contributed by atoms with van der Waals surface area (Å²) in [4.78, 5) is 12.2. The van der Waals surface area contributed by atoms with Gasteiger partial charge in [0.25, 0.3) is 15.9 Å². The summed E-state index contributed by atoms with van der Waals surface area (Å²) in [5, 5.41) is 3.92. The van der Waals surface area contributed by atoms with Crippen LogP contribution in [0.4, 0.5) is 10.1 Å². The average molecular weight is 391 g/mol. The highest BCUT2D eigenvalue weighted by Gasteiger charge is 2.27. The maximum atomic E-state index is 13.2. The third-order valence-electron chi connectivity index (χ3n) is 3.89. The zero-order valence-electron chi connectivity index (χ0n) is 15.4. The van der Waals surface area contributed by atoms with Crippen LogP contribution in [0.3, 0.4) is 0 Å². The zero-order chi connectivity index (χ0) is 20.0. The van der Waals surface area contributed by atoms with Crippen molar-refractivity contribution in [2.45, 2.75) is 32.1 Å². The molecule has 0 heterocycles. The largest absolute Gasteiger partial charge is 0.271 e. The van der Waals surface area contributed by atoms with Crippen molar-refractivity contribution in [2.75, 3.05) is 10.8 Å². The number of nitrogens with one attached hydrogen (secondary N) is 1. The molecule has 0 radical (unpaired) electrons. The van der Waals surface area contributed by atoms with E-state index in [0.717, 1.165) is 22.0 Å². The van der Waals surface area contributed by atoms with Gasteiger partial charge in [0, 0.05) is 5.71 Å². The molecule has 0 aromatic heterocycles. The second-order valence-corrected chi connectivity index (χ2v) is 7.90. The molecule has 0 aliphatic heterocycles. The highest BCUT2D eigenvalue weighted by molar-refractivity contribution is 7.92. The number of halogens is 1. The maximum absolute atomic E-state index is 13.2. The Kier molecular flexibility index (Phi) is 6.68. The summed E-state index contributed by atoms with van der Waals surface area (Å²) in [6, 6.07) is 11.2. The molecule has 0 fully saturated rings. The van der Waals surface area contributed by atoms with E-state index in [1.165, 1.54) is 12.1 Å². The molecule has 0 spiro atoms. The van der Waals surface area contributed by atoms with Crippen LogP contribution in [0.1, 0.15) is 25.8 Å². The van der Waals surface area contributed by atoms with E-state index >= 15 is 0 Å². The van der Waals surface area contributed by atoms with Gasteiger partial charge in [0.05, 0.1) is 10.6 Å². The van der Waals surface area contributed by atoms with Gasteiger partial charge in [-0.2, -0.15) is 5.10 Å². The Morgan fingerprint density at radius 2 is 1.70 bits per heavy atom. The topological polar surface area (TPSA) is 78.8 Å². The predicted molar refractivity (Wildman–Crippen MR) is 104 cm³/mol. The fraction of sp³-hybridized carbons (Fsp3) is 0.263. The van der Waals surface area contributed by atoms with Crippen molar-refractivity contribution in [2.24, 2.45) is 5.10 Å². The molecule has 2 aromatic rings. The highest BCUT2D eigenvalue weighted by atomic mass is 32.2. The van der Waals surface area contributed by atoms with Gasteiger partial charge in [-0.1, -0.05) is 24.6 Å². The van der Waals surface area contributed by atoms with Crippen molar-refractivity contribution in [1.82, 2.24) is 5.43 Å². The minimum absolute atomic E-state index is 0.106. The van der Waals surface area contributed by atoms with Crippen molar-refractivity contribution in [3.05, 3.63) is 59.9 Å². The van der Waals surface area contributed by atoms with Crippen LogP contribution in [0.5, 0.6) is 0 Å². The van der Waals surface area contributed by atoms with Crippen LogP contribution in [-0.4, -0.2) is 26.6 Å². The van der Waals surface area contributed by atoms with Crippen LogP contribution in [0.2, 0.25) is 0 Å². The van der Waals surface area contributed by atoms with Crippen molar-refractivity contribution in [3.8, 4) is 0 Å². The van der Waals surface area contributed by atoms with Gasteiger partial charge in [-0.15, -0.1) is 0 Å². The molecule has 0 saturated carbocycles. The smallest absolute Gasteiger partial charge is 0.264 e. The molecule has 2 rings (SSSR count). The Bertz CT molecular complexity index is 924. The lowest BCUT2D eigenvalue weighted by atomic mass is 10.2. The lowest BCUT2D eigenvalue weighted by Gasteiger charge is -2.24. The minimum Gasteiger partial charge on any atom is -0.271 e. The monoisotopic (exact) mass is 391 g/mol. The normalized spacial score (nSPS) is 11.9. The highest BCUT2D eigenvalue weighted by Crippen LogP contribution is 2.24. The lowest BCUT2D eigenvalue weighted by molar-refractivity contribution is -0.119. The van der Waals surface area contributed by atoms with Crippen molar-refractivity contribution < 1.29 is 17.6 Å². The number of rotatable bonds is 7. The number of anilines is 1. The first-order valence-electron chi connectivity index (χ1n) is 8.41. The number of amides is 1. The minimum atomic E-state index is -4.07. The number of nitrogens with zero attached hydrogens (tertiary/aromatic N) is 2. The Hall–Kier alpha value is -2.74. The predicted octanol–water partition coefficient (Wildman–Crippen LogP) is 3.23. The summed E-state index contributed by atoms with van der Waals surface area (Å²) in [5.41, 5.74) is 4.35. The Balaban J connectivity index is 2.39. The van der Waals surface area contributed by atoms with Crippen molar-refractivity contribution in [1.29, 1.82) is 0 Å². The summed E-state index contributed by atoms with van der Waals surface area (Å²) in [7, 11) is -4.07. The van der Waals surface area contributed by atoms with E-state index in [0.29, 0.717) is 17.8 Å². The fourth-order valence-electron chi connectivity index (χ4n) is 2.16. The van der Waals surface area contributed by atoms with Gasteiger partial charge in [0.2, 0.25) is 0 Å². The van der Waals surface area contributed by atoms with Gasteiger partial charge < -0.3 is 0 Å². The molecule has 8 heteroatoms. The fourth-order valence-corrected chi connectivity index (χ4v) is 3.58. The van der Waals surface area contributed by atoms with Crippen LogP contribution < -0.4 is 9.73 Å². The number of hydrogen-bond donors (Lipinski definition) is 1. The van der Waals surface area contributed by atoms with Crippen molar-refractivity contribution in [3.63, 3.8) is 0 Å². The first-order chi connectivity index (χ1) is 12.7. The molecule has 0 unspecified atom stereocenters. The van der Waals surface area contributed by atoms with Gasteiger partial charge >= 0.3 is 0 Å². The van der Waals surface area contributed by atoms with E-state index in [-0.39, 0.29) is 4.90 Å². The number of hydrazone groups is 1. The SMILES string of the molecule is CC/C(C)=N\NC(=O)CN(c1ccc(C)cc1)S(=O)(=O)c1ccc(F)cc1. The van der Waals surface area contributed by atoms with Crippen LogP contribution in [0.15, 0.2) is 58.5 Å². The molecule has 144 valence electrons.